The van der Waals surface area contributed by atoms with Crippen LogP contribution in [0.3, 0.4) is 0 Å². The van der Waals surface area contributed by atoms with Crippen molar-refractivity contribution in [1.82, 2.24) is 9.55 Å². The first-order chi connectivity index (χ1) is 9.60. The van der Waals surface area contributed by atoms with E-state index in [0.29, 0.717) is 17.0 Å². The van der Waals surface area contributed by atoms with Crippen LogP contribution in [0.5, 0.6) is 5.75 Å². The number of aryl methyl sites for hydroxylation is 1. The van der Waals surface area contributed by atoms with Crippen molar-refractivity contribution in [2.24, 2.45) is 7.05 Å². The molecule has 0 aliphatic rings. The Morgan fingerprint density at radius 2 is 1.95 bits per heavy atom. The monoisotopic (exact) mass is 270 g/mol. The van der Waals surface area contributed by atoms with Crippen molar-refractivity contribution in [3.63, 3.8) is 0 Å². The van der Waals surface area contributed by atoms with Gasteiger partial charge >= 0.3 is 0 Å². The number of benzene rings is 1. The fraction of sp³-hybridized carbons (Fsp3) is 0.200. The second-order valence-corrected chi connectivity index (χ2v) is 4.61. The van der Waals surface area contributed by atoms with Gasteiger partial charge in [-0.3, -0.25) is 4.79 Å². The van der Waals surface area contributed by atoms with Crippen LogP contribution in [0.1, 0.15) is 5.69 Å². The van der Waals surface area contributed by atoms with Crippen LogP contribution >= 0.6 is 0 Å². The van der Waals surface area contributed by atoms with Crippen molar-refractivity contribution in [2.45, 2.75) is 6.92 Å². The van der Waals surface area contributed by atoms with Crippen LogP contribution in [0.4, 0.5) is 0 Å². The molecule has 0 N–H and O–H groups in total. The van der Waals surface area contributed by atoms with Crippen molar-refractivity contribution < 1.29 is 9.15 Å². The highest BCUT2D eigenvalue weighted by atomic mass is 16.5. The molecule has 3 rings (SSSR count). The number of ether oxygens (including phenoxy) is 1. The minimum absolute atomic E-state index is 0.150. The number of hydrogen-bond acceptors (Lipinski definition) is 4. The molecule has 0 bridgehead atoms. The highest BCUT2D eigenvalue weighted by Crippen LogP contribution is 2.24. The highest BCUT2D eigenvalue weighted by molar-refractivity contribution is 5.75. The summed E-state index contributed by atoms with van der Waals surface area (Å²) in [7, 11) is 3.33. The first kappa shape index (κ1) is 12.5. The van der Waals surface area contributed by atoms with Gasteiger partial charge < -0.3 is 13.7 Å². The van der Waals surface area contributed by atoms with Crippen LogP contribution in [0.15, 0.2) is 39.5 Å². The van der Waals surface area contributed by atoms with Crippen molar-refractivity contribution in [2.75, 3.05) is 7.11 Å². The summed E-state index contributed by atoms with van der Waals surface area (Å²) in [6.07, 6.45) is 0. The Kier molecular flexibility index (Phi) is 2.82. The van der Waals surface area contributed by atoms with E-state index < -0.39 is 0 Å². The number of nitrogens with zero attached hydrogens (tertiary/aromatic N) is 2. The first-order valence-electron chi connectivity index (χ1n) is 6.22. The van der Waals surface area contributed by atoms with E-state index in [4.69, 9.17) is 9.15 Å². The Morgan fingerprint density at radius 1 is 1.25 bits per heavy atom. The molecule has 0 saturated heterocycles. The summed E-state index contributed by atoms with van der Waals surface area (Å²) in [4.78, 5) is 16.4. The van der Waals surface area contributed by atoms with Gasteiger partial charge in [0.05, 0.1) is 7.11 Å². The largest absolute Gasteiger partial charge is 0.497 e. The maximum Gasteiger partial charge on any atom is 0.280 e. The number of pyridine rings is 1. The Morgan fingerprint density at radius 3 is 2.60 bits per heavy atom. The normalized spacial score (nSPS) is 10.9. The molecule has 20 heavy (non-hydrogen) atoms. The molecule has 0 atom stereocenters. The molecule has 2 aromatic heterocycles. The van der Waals surface area contributed by atoms with Crippen LogP contribution < -0.4 is 10.3 Å². The van der Waals surface area contributed by atoms with Crippen molar-refractivity contribution in [1.29, 1.82) is 0 Å². The number of oxazole rings is 1. The summed E-state index contributed by atoms with van der Waals surface area (Å²) >= 11 is 0. The standard InChI is InChI=1S/C15H14N2O3/c1-9-8-12-13(15(18)17(9)2)16-14(20-12)10-4-6-11(19-3)7-5-10/h4-8H,1-3H3. The van der Waals surface area contributed by atoms with Crippen LogP contribution in [0.25, 0.3) is 22.6 Å². The fourth-order valence-electron chi connectivity index (χ4n) is 2.05. The SMILES string of the molecule is COc1ccc(-c2nc3c(=O)n(C)c(C)cc3o2)cc1. The van der Waals surface area contributed by atoms with Crippen molar-refractivity contribution in [3.05, 3.63) is 46.4 Å². The molecule has 0 amide bonds. The third kappa shape index (κ3) is 1.87. The van der Waals surface area contributed by atoms with Crippen LogP contribution in [-0.4, -0.2) is 16.7 Å². The van der Waals surface area contributed by atoms with Gasteiger partial charge in [0.15, 0.2) is 11.1 Å². The fourth-order valence-corrected chi connectivity index (χ4v) is 2.05. The van der Waals surface area contributed by atoms with E-state index in [1.165, 1.54) is 0 Å². The van der Waals surface area contributed by atoms with Gasteiger partial charge in [-0.15, -0.1) is 0 Å². The Labute approximate surface area is 115 Å². The zero-order chi connectivity index (χ0) is 14.3. The molecule has 0 aliphatic heterocycles. The summed E-state index contributed by atoms with van der Waals surface area (Å²) in [5.74, 6) is 1.20. The van der Waals surface area contributed by atoms with Gasteiger partial charge in [0.2, 0.25) is 5.89 Å². The third-order valence-corrected chi connectivity index (χ3v) is 3.37. The molecule has 102 valence electrons. The second-order valence-electron chi connectivity index (χ2n) is 4.61. The van der Waals surface area contributed by atoms with E-state index in [0.717, 1.165) is 17.0 Å². The molecule has 0 aliphatic carbocycles. The van der Waals surface area contributed by atoms with Gasteiger partial charge in [0.25, 0.3) is 5.56 Å². The van der Waals surface area contributed by atoms with E-state index in [-0.39, 0.29) is 5.56 Å². The van der Waals surface area contributed by atoms with Crippen molar-refractivity contribution in [3.8, 4) is 17.2 Å². The Hall–Kier alpha value is -2.56. The summed E-state index contributed by atoms with van der Waals surface area (Å²) in [6.45, 7) is 1.86. The average Bonchev–Trinajstić information content (AvgIpc) is 2.89. The van der Waals surface area contributed by atoms with Gasteiger partial charge in [0, 0.05) is 24.4 Å². The van der Waals surface area contributed by atoms with Gasteiger partial charge in [0.1, 0.15) is 5.75 Å². The lowest BCUT2D eigenvalue weighted by Crippen LogP contribution is -2.18. The topological polar surface area (TPSA) is 57.3 Å². The molecule has 0 spiro atoms. The molecule has 5 heteroatoms. The summed E-state index contributed by atoms with van der Waals surface area (Å²) in [6, 6.07) is 9.17. The predicted octanol–water partition coefficient (Wildman–Crippen LogP) is 2.51. The average molecular weight is 270 g/mol. The molecule has 2 heterocycles. The molecule has 0 radical (unpaired) electrons. The summed E-state index contributed by atoms with van der Waals surface area (Å²) in [5, 5.41) is 0. The number of fused-ring (bicyclic) bond motifs is 1. The lowest BCUT2D eigenvalue weighted by atomic mass is 10.2. The lowest BCUT2D eigenvalue weighted by Gasteiger charge is -2.00. The van der Waals surface area contributed by atoms with Gasteiger partial charge in [-0.05, 0) is 31.2 Å². The maximum atomic E-state index is 12.1. The van der Waals surface area contributed by atoms with Crippen LogP contribution in [-0.2, 0) is 7.05 Å². The van der Waals surface area contributed by atoms with E-state index in [1.54, 1.807) is 18.7 Å². The first-order valence-corrected chi connectivity index (χ1v) is 6.22. The van der Waals surface area contributed by atoms with Gasteiger partial charge in [-0.2, -0.15) is 0 Å². The summed E-state index contributed by atoms with van der Waals surface area (Å²) in [5.41, 5.74) is 2.35. The maximum absolute atomic E-state index is 12.1. The minimum Gasteiger partial charge on any atom is -0.497 e. The Bertz CT molecular complexity index is 829. The number of methoxy groups -OCH3 is 1. The molecule has 0 saturated carbocycles. The molecule has 0 unspecified atom stereocenters. The highest BCUT2D eigenvalue weighted by Gasteiger charge is 2.13. The van der Waals surface area contributed by atoms with E-state index in [2.05, 4.69) is 4.98 Å². The smallest absolute Gasteiger partial charge is 0.280 e. The Balaban J connectivity index is 2.17. The molecule has 0 fully saturated rings. The number of rotatable bonds is 2. The second kappa shape index (κ2) is 4.52. The zero-order valence-corrected chi connectivity index (χ0v) is 11.5. The van der Waals surface area contributed by atoms with Crippen LogP contribution in [0, 0.1) is 6.92 Å². The van der Waals surface area contributed by atoms with Gasteiger partial charge in [-0.25, -0.2) is 4.98 Å². The predicted molar refractivity (Wildman–Crippen MR) is 76.0 cm³/mol. The molecule has 1 aromatic carbocycles. The third-order valence-electron chi connectivity index (χ3n) is 3.37. The molecular weight excluding hydrogens is 256 g/mol. The summed E-state index contributed by atoms with van der Waals surface area (Å²) < 4.78 is 12.3. The van der Waals surface area contributed by atoms with Crippen LogP contribution in [0.2, 0.25) is 0 Å². The van der Waals surface area contributed by atoms with Gasteiger partial charge in [-0.1, -0.05) is 0 Å². The van der Waals surface area contributed by atoms with Crippen molar-refractivity contribution >= 4 is 11.1 Å². The van der Waals surface area contributed by atoms with E-state index >= 15 is 0 Å². The molecule has 3 aromatic rings. The number of aromatic nitrogens is 2. The molecular formula is C15H14N2O3. The quantitative estimate of drug-likeness (QED) is 0.718. The molecule has 5 nitrogen and oxygen atoms in total. The van der Waals surface area contributed by atoms with E-state index in [1.807, 2.05) is 37.3 Å². The zero-order valence-electron chi connectivity index (χ0n) is 11.5. The number of hydrogen-bond donors (Lipinski definition) is 0. The lowest BCUT2D eigenvalue weighted by molar-refractivity contribution is 0.415. The minimum atomic E-state index is -0.150. The van der Waals surface area contributed by atoms with E-state index in [9.17, 15) is 4.79 Å².